The number of carbonyl (C=O) groups excluding carboxylic acids is 2. The van der Waals surface area contributed by atoms with Gasteiger partial charge < -0.3 is 5.32 Å². The molecular formula is C26H42N4O2. The van der Waals surface area contributed by atoms with Gasteiger partial charge in [-0.05, 0) is 29.7 Å². The van der Waals surface area contributed by atoms with Crippen LogP contribution in [0.5, 0.6) is 0 Å². The molecule has 0 bridgehead atoms. The first-order valence-corrected chi connectivity index (χ1v) is 12.0. The van der Waals surface area contributed by atoms with Crippen LogP contribution in [0.1, 0.15) is 79.5 Å². The Morgan fingerprint density at radius 3 is 1.94 bits per heavy atom. The Balaban J connectivity index is 0.00000109. The molecule has 3 aliphatic rings. The zero-order chi connectivity index (χ0) is 24.8. The van der Waals surface area contributed by atoms with Crippen molar-refractivity contribution in [2.24, 2.45) is 11.0 Å². The number of allylic oxidation sites excluding steroid dienone is 3. The van der Waals surface area contributed by atoms with Gasteiger partial charge in [0, 0.05) is 13.0 Å². The van der Waals surface area contributed by atoms with Gasteiger partial charge in [-0.1, -0.05) is 91.8 Å². The first kappa shape index (κ1) is 29.1. The Morgan fingerprint density at radius 2 is 1.44 bits per heavy atom. The van der Waals surface area contributed by atoms with Gasteiger partial charge in [0.15, 0.2) is 0 Å². The fourth-order valence-electron chi connectivity index (χ4n) is 3.32. The van der Waals surface area contributed by atoms with E-state index in [1.54, 1.807) is 0 Å². The number of carbonyl (C=O) groups is 2. The zero-order valence-electron chi connectivity index (χ0n) is 21.5. The Bertz CT molecular complexity index is 810. The standard InChI is InChI=1S/C18H18N4O2.4C2H6/c1-10-14-9-13(7-8-15(14)21-22(10)2)11-3-5-12(6-4-11)16-17(23)20-18(24)19-16;4*1-2/h3-10,14,16H,1-2H3,(H2,19,20,23,24);4*1-2H3. The summed E-state index contributed by atoms with van der Waals surface area (Å²) >= 11 is 0. The highest BCUT2D eigenvalue weighted by molar-refractivity contribution is 6.05. The highest BCUT2D eigenvalue weighted by atomic mass is 16.2. The van der Waals surface area contributed by atoms with Crippen molar-refractivity contribution in [1.82, 2.24) is 15.6 Å². The average molecular weight is 443 g/mol. The molecule has 0 radical (unpaired) electrons. The summed E-state index contributed by atoms with van der Waals surface area (Å²) in [6.07, 6.45) is 6.38. The Kier molecular flexibility index (Phi) is 13.6. The lowest BCUT2D eigenvalue weighted by molar-refractivity contribution is -0.120. The lowest BCUT2D eigenvalue weighted by Crippen LogP contribution is -2.27. The number of hydrazone groups is 1. The van der Waals surface area contributed by atoms with Crippen LogP contribution < -0.4 is 10.6 Å². The third-order valence-corrected chi connectivity index (χ3v) is 4.87. The van der Waals surface area contributed by atoms with Crippen LogP contribution in [0.25, 0.3) is 5.57 Å². The number of urea groups is 1. The first-order chi connectivity index (χ1) is 15.5. The van der Waals surface area contributed by atoms with Crippen molar-refractivity contribution in [3.05, 3.63) is 53.6 Å². The van der Waals surface area contributed by atoms with E-state index in [9.17, 15) is 9.59 Å². The number of rotatable bonds is 2. The summed E-state index contributed by atoms with van der Waals surface area (Å²) in [5.41, 5.74) is 4.10. The normalized spacial score (nSPS) is 21.9. The summed E-state index contributed by atoms with van der Waals surface area (Å²) in [6.45, 7) is 18.2. The molecule has 2 aliphatic heterocycles. The van der Waals surface area contributed by atoms with Crippen molar-refractivity contribution < 1.29 is 9.59 Å². The number of fused-ring (bicyclic) bond motifs is 1. The van der Waals surface area contributed by atoms with E-state index in [1.165, 1.54) is 0 Å². The molecule has 1 saturated heterocycles. The highest BCUT2D eigenvalue weighted by Crippen LogP contribution is 2.31. The van der Waals surface area contributed by atoms with Crippen molar-refractivity contribution in [2.45, 2.75) is 74.4 Å². The number of benzene rings is 1. The molecular weight excluding hydrogens is 400 g/mol. The lowest BCUT2D eigenvalue weighted by atomic mass is 9.87. The highest BCUT2D eigenvalue weighted by Gasteiger charge is 2.32. The minimum absolute atomic E-state index is 0.301. The molecule has 3 unspecified atom stereocenters. The maximum atomic E-state index is 11.7. The van der Waals surface area contributed by atoms with E-state index in [0.29, 0.717) is 12.0 Å². The lowest BCUT2D eigenvalue weighted by Gasteiger charge is -2.20. The van der Waals surface area contributed by atoms with Gasteiger partial charge in [-0.15, -0.1) is 0 Å². The van der Waals surface area contributed by atoms with Crippen molar-refractivity contribution in [1.29, 1.82) is 0 Å². The zero-order valence-corrected chi connectivity index (χ0v) is 21.5. The first-order valence-electron chi connectivity index (χ1n) is 12.0. The second-order valence-electron chi connectivity index (χ2n) is 6.34. The molecule has 1 aromatic rings. The molecule has 2 N–H and O–H groups in total. The third-order valence-electron chi connectivity index (χ3n) is 4.87. The predicted molar refractivity (Wildman–Crippen MR) is 137 cm³/mol. The van der Waals surface area contributed by atoms with E-state index in [-0.39, 0.29) is 5.91 Å². The average Bonchev–Trinajstić information content (AvgIpc) is 3.35. The van der Waals surface area contributed by atoms with E-state index in [0.717, 1.165) is 22.4 Å². The van der Waals surface area contributed by atoms with E-state index in [4.69, 9.17) is 0 Å². The summed E-state index contributed by atoms with van der Waals surface area (Å²) in [5.74, 6) is -0.0113. The van der Waals surface area contributed by atoms with Gasteiger partial charge in [-0.25, -0.2) is 4.79 Å². The van der Waals surface area contributed by atoms with Crippen LogP contribution in [0.15, 0.2) is 47.6 Å². The number of nitrogens with zero attached hydrogens (tertiary/aromatic N) is 2. The van der Waals surface area contributed by atoms with Gasteiger partial charge >= 0.3 is 6.03 Å². The van der Waals surface area contributed by atoms with Crippen LogP contribution in [-0.2, 0) is 4.79 Å². The third kappa shape index (κ3) is 6.81. The van der Waals surface area contributed by atoms with Crippen LogP contribution in [0.4, 0.5) is 4.79 Å². The number of hydrogen-bond acceptors (Lipinski definition) is 4. The van der Waals surface area contributed by atoms with Crippen molar-refractivity contribution >= 4 is 23.2 Å². The van der Waals surface area contributed by atoms with Gasteiger partial charge in [0.1, 0.15) is 6.04 Å². The van der Waals surface area contributed by atoms with Crippen LogP contribution in [-0.4, -0.2) is 35.7 Å². The smallest absolute Gasteiger partial charge is 0.322 e. The predicted octanol–water partition coefficient (Wildman–Crippen LogP) is 5.93. The Labute approximate surface area is 194 Å². The molecule has 0 saturated carbocycles. The molecule has 3 amide bonds. The number of imide groups is 1. The number of hydrogen-bond donors (Lipinski definition) is 2. The molecule has 6 nitrogen and oxygen atoms in total. The van der Waals surface area contributed by atoms with Crippen molar-refractivity contribution in [3.63, 3.8) is 0 Å². The van der Waals surface area contributed by atoms with Crippen molar-refractivity contribution in [2.75, 3.05) is 7.05 Å². The molecule has 3 atom stereocenters. The summed E-state index contributed by atoms with van der Waals surface area (Å²) < 4.78 is 0. The molecule has 178 valence electrons. The van der Waals surface area contributed by atoms with E-state index < -0.39 is 12.1 Å². The fraction of sp³-hybridized carbons (Fsp3) is 0.500. The monoisotopic (exact) mass is 442 g/mol. The quantitative estimate of drug-likeness (QED) is 0.557. The molecule has 1 aromatic carbocycles. The summed E-state index contributed by atoms with van der Waals surface area (Å²) in [7, 11) is 1.99. The SMILES string of the molecule is CC.CC.CC.CC.CC1C2C=C(c3ccc(C4NC(=O)NC4=O)cc3)C=CC2=NN1C. The number of nitrogens with one attached hydrogen (secondary N) is 2. The van der Waals surface area contributed by atoms with E-state index >= 15 is 0 Å². The second-order valence-corrected chi connectivity index (χ2v) is 6.34. The second kappa shape index (κ2) is 15.0. The minimum atomic E-state index is -0.607. The molecule has 2 heterocycles. The fourth-order valence-corrected chi connectivity index (χ4v) is 3.32. The van der Waals surface area contributed by atoms with Gasteiger partial charge in [0.05, 0.1) is 11.8 Å². The Hall–Kier alpha value is -2.89. The number of amides is 3. The van der Waals surface area contributed by atoms with Crippen LogP contribution in [0.2, 0.25) is 0 Å². The molecule has 1 aliphatic carbocycles. The maximum absolute atomic E-state index is 11.7. The molecule has 0 aromatic heterocycles. The molecule has 1 fully saturated rings. The van der Waals surface area contributed by atoms with E-state index in [2.05, 4.69) is 40.9 Å². The van der Waals surface area contributed by atoms with Crippen LogP contribution >= 0.6 is 0 Å². The summed E-state index contributed by atoms with van der Waals surface area (Å²) in [5, 5.41) is 11.4. The van der Waals surface area contributed by atoms with Crippen LogP contribution in [0, 0.1) is 5.92 Å². The maximum Gasteiger partial charge on any atom is 0.322 e. The Morgan fingerprint density at radius 1 is 0.875 bits per heavy atom. The van der Waals surface area contributed by atoms with Gasteiger partial charge in [0.25, 0.3) is 5.91 Å². The molecule has 0 spiro atoms. The van der Waals surface area contributed by atoms with Gasteiger partial charge in [0.2, 0.25) is 0 Å². The summed E-state index contributed by atoms with van der Waals surface area (Å²) in [4.78, 5) is 23.0. The molecule has 4 rings (SSSR count). The summed E-state index contributed by atoms with van der Waals surface area (Å²) in [6, 6.07) is 7.02. The van der Waals surface area contributed by atoms with Crippen LogP contribution in [0.3, 0.4) is 0 Å². The van der Waals surface area contributed by atoms with E-state index in [1.807, 2.05) is 91.7 Å². The van der Waals surface area contributed by atoms with Gasteiger partial charge in [-0.3, -0.25) is 15.1 Å². The molecule has 32 heavy (non-hydrogen) atoms. The van der Waals surface area contributed by atoms with Crippen molar-refractivity contribution in [3.8, 4) is 0 Å². The molecule has 6 heteroatoms. The largest absolute Gasteiger partial charge is 0.322 e. The topological polar surface area (TPSA) is 73.8 Å². The van der Waals surface area contributed by atoms with Gasteiger partial charge in [-0.2, -0.15) is 5.10 Å². The minimum Gasteiger partial charge on any atom is -0.322 e.